The largest absolute Gasteiger partial charge is 0.418 e. The first kappa shape index (κ1) is 18.6. The van der Waals surface area contributed by atoms with E-state index in [0.29, 0.717) is 19.0 Å². The Bertz CT molecular complexity index is 1010. The van der Waals surface area contributed by atoms with Gasteiger partial charge in [-0.15, -0.1) is 0 Å². The van der Waals surface area contributed by atoms with E-state index in [-0.39, 0.29) is 28.9 Å². The molecular weight excluding hydrogens is 376 g/mol. The molecule has 6 nitrogen and oxygen atoms in total. The Morgan fingerprint density at radius 2 is 2.00 bits per heavy atom. The summed E-state index contributed by atoms with van der Waals surface area (Å²) in [6.45, 7) is 5.33. The zero-order valence-electron chi connectivity index (χ0n) is 15.2. The molecule has 4 rings (SSSR count). The smallest absolute Gasteiger partial charge is 0.335 e. The third-order valence-electron chi connectivity index (χ3n) is 4.81. The molecule has 0 spiro atoms. The van der Waals surface area contributed by atoms with Crippen molar-refractivity contribution in [3.63, 3.8) is 0 Å². The summed E-state index contributed by atoms with van der Waals surface area (Å²) in [6.07, 6.45) is -1.34. The highest BCUT2D eigenvalue weighted by molar-refractivity contribution is 5.83. The predicted octanol–water partition coefficient (Wildman–Crippen LogP) is 3.16. The second-order valence-corrected chi connectivity index (χ2v) is 6.96. The number of fused-ring (bicyclic) bond motifs is 1. The first-order chi connectivity index (χ1) is 13.2. The first-order valence-electron chi connectivity index (χ1n) is 8.81. The SMILES string of the molecule is C[C@@H]1CN(c2ncc3c(C(F)(F)F)cn(-c4cc(F)ccn4)c3n2)[C@@H](C)CN1. The molecule has 1 aliphatic rings. The van der Waals surface area contributed by atoms with Crippen molar-refractivity contribution in [2.75, 3.05) is 18.0 Å². The van der Waals surface area contributed by atoms with E-state index in [1.807, 2.05) is 18.7 Å². The zero-order chi connectivity index (χ0) is 20.1. The topological polar surface area (TPSA) is 58.9 Å². The normalized spacial score (nSPS) is 20.7. The number of piperazine rings is 1. The number of pyridine rings is 1. The van der Waals surface area contributed by atoms with Crippen LogP contribution in [0.25, 0.3) is 16.9 Å². The molecule has 0 aliphatic carbocycles. The number of alkyl halides is 3. The zero-order valence-corrected chi connectivity index (χ0v) is 15.2. The Morgan fingerprint density at radius 1 is 1.21 bits per heavy atom. The number of halogens is 4. The summed E-state index contributed by atoms with van der Waals surface area (Å²) in [7, 11) is 0. The standard InChI is InChI=1S/C18H18F4N6/c1-10-8-27(11(2)6-24-10)17-25-7-13-14(18(20,21)22)9-28(16(13)26-17)15-5-12(19)3-4-23-15/h3-5,7,9-11,24H,6,8H2,1-2H3/t10-,11+/m1/s1. The van der Waals surface area contributed by atoms with Crippen LogP contribution in [-0.4, -0.2) is 44.7 Å². The molecule has 1 saturated heterocycles. The molecule has 28 heavy (non-hydrogen) atoms. The lowest BCUT2D eigenvalue weighted by Gasteiger charge is -2.37. The maximum absolute atomic E-state index is 13.6. The molecule has 0 unspecified atom stereocenters. The van der Waals surface area contributed by atoms with Gasteiger partial charge in [-0.3, -0.25) is 4.57 Å². The summed E-state index contributed by atoms with van der Waals surface area (Å²) in [5.74, 6) is -0.246. The molecule has 1 fully saturated rings. The van der Waals surface area contributed by atoms with Crippen LogP contribution in [0.4, 0.5) is 23.5 Å². The maximum Gasteiger partial charge on any atom is 0.418 e. The minimum Gasteiger partial charge on any atom is -0.335 e. The quantitative estimate of drug-likeness (QED) is 0.677. The van der Waals surface area contributed by atoms with E-state index in [0.717, 1.165) is 22.9 Å². The van der Waals surface area contributed by atoms with Crippen LogP contribution in [0, 0.1) is 5.82 Å². The molecule has 3 aromatic heterocycles. The van der Waals surface area contributed by atoms with Gasteiger partial charge in [0.05, 0.1) is 10.9 Å². The predicted molar refractivity (Wildman–Crippen MR) is 95.9 cm³/mol. The van der Waals surface area contributed by atoms with Gasteiger partial charge in [-0.05, 0) is 19.9 Å². The fraction of sp³-hybridized carbons (Fsp3) is 0.389. The highest BCUT2D eigenvalue weighted by Crippen LogP contribution is 2.37. The Balaban J connectivity index is 1.90. The summed E-state index contributed by atoms with van der Waals surface area (Å²) in [6, 6.07) is 2.46. The Kier molecular flexibility index (Phi) is 4.45. The summed E-state index contributed by atoms with van der Waals surface area (Å²) in [5.41, 5.74) is -0.851. The van der Waals surface area contributed by atoms with Gasteiger partial charge in [0.15, 0.2) is 5.65 Å². The lowest BCUT2D eigenvalue weighted by atomic mass is 10.1. The van der Waals surface area contributed by atoms with Crippen LogP contribution in [0.2, 0.25) is 0 Å². The molecule has 3 aromatic rings. The monoisotopic (exact) mass is 394 g/mol. The van der Waals surface area contributed by atoms with Gasteiger partial charge in [0.1, 0.15) is 11.6 Å². The minimum atomic E-state index is -4.60. The second kappa shape index (κ2) is 6.69. The van der Waals surface area contributed by atoms with Crippen LogP contribution in [0.5, 0.6) is 0 Å². The maximum atomic E-state index is 13.6. The molecule has 0 bridgehead atoms. The van der Waals surface area contributed by atoms with Crippen molar-refractivity contribution >= 4 is 17.0 Å². The Hall–Kier alpha value is -2.75. The number of anilines is 1. The van der Waals surface area contributed by atoms with Crippen LogP contribution in [0.3, 0.4) is 0 Å². The number of hydrogen-bond donors (Lipinski definition) is 1. The molecule has 0 saturated carbocycles. The Labute approximate surface area is 158 Å². The molecule has 10 heteroatoms. The van der Waals surface area contributed by atoms with Crippen LogP contribution in [0.1, 0.15) is 19.4 Å². The van der Waals surface area contributed by atoms with Crippen molar-refractivity contribution in [1.82, 2.24) is 24.8 Å². The van der Waals surface area contributed by atoms with Crippen molar-refractivity contribution in [2.45, 2.75) is 32.1 Å². The van der Waals surface area contributed by atoms with Crippen LogP contribution >= 0.6 is 0 Å². The van der Waals surface area contributed by atoms with E-state index in [1.54, 1.807) is 0 Å². The molecular formula is C18H18F4N6. The molecule has 148 valence electrons. The summed E-state index contributed by atoms with van der Waals surface area (Å²) < 4.78 is 55.3. The molecule has 2 atom stereocenters. The van der Waals surface area contributed by atoms with E-state index in [1.165, 1.54) is 12.4 Å². The van der Waals surface area contributed by atoms with Gasteiger partial charge in [0, 0.05) is 49.8 Å². The summed E-state index contributed by atoms with van der Waals surface area (Å²) >= 11 is 0. The summed E-state index contributed by atoms with van der Waals surface area (Å²) in [5, 5.41) is 3.18. The highest BCUT2D eigenvalue weighted by atomic mass is 19.4. The molecule has 0 aromatic carbocycles. The van der Waals surface area contributed by atoms with Gasteiger partial charge in [0.25, 0.3) is 0 Å². The van der Waals surface area contributed by atoms with E-state index >= 15 is 0 Å². The fourth-order valence-electron chi connectivity index (χ4n) is 3.36. The first-order valence-corrected chi connectivity index (χ1v) is 8.81. The fourth-order valence-corrected chi connectivity index (χ4v) is 3.36. The van der Waals surface area contributed by atoms with Gasteiger partial charge in [0.2, 0.25) is 5.95 Å². The van der Waals surface area contributed by atoms with Gasteiger partial charge in [-0.2, -0.15) is 18.2 Å². The van der Waals surface area contributed by atoms with E-state index in [4.69, 9.17) is 0 Å². The van der Waals surface area contributed by atoms with E-state index < -0.39 is 17.6 Å². The van der Waals surface area contributed by atoms with Crippen LogP contribution in [0.15, 0.2) is 30.7 Å². The van der Waals surface area contributed by atoms with Crippen molar-refractivity contribution in [3.05, 3.63) is 42.1 Å². The lowest BCUT2D eigenvalue weighted by molar-refractivity contribution is -0.136. The van der Waals surface area contributed by atoms with Crippen molar-refractivity contribution in [2.24, 2.45) is 0 Å². The van der Waals surface area contributed by atoms with E-state index in [2.05, 4.69) is 20.3 Å². The Morgan fingerprint density at radius 3 is 2.71 bits per heavy atom. The number of nitrogens with zero attached hydrogens (tertiary/aromatic N) is 5. The molecule has 0 radical (unpaired) electrons. The number of hydrogen-bond acceptors (Lipinski definition) is 5. The van der Waals surface area contributed by atoms with Gasteiger partial charge < -0.3 is 10.2 Å². The van der Waals surface area contributed by atoms with Crippen molar-refractivity contribution in [3.8, 4) is 5.82 Å². The molecule has 4 heterocycles. The number of nitrogens with one attached hydrogen (secondary N) is 1. The van der Waals surface area contributed by atoms with Crippen molar-refractivity contribution < 1.29 is 17.6 Å². The molecule has 1 N–H and O–H groups in total. The van der Waals surface area contributed by atoms with Gasteiger partial charge >= 0.3 is 6.18 Å². The summed E-state index contributed by atoms with van der Waals surface area (Å²) in [4.78, 5) is 14.5. The average Bonchev–Trinajstić information content (AvgIpc) is 3.03. The minimum absolute atomic E-state index is 0.0203. The van der Waals surface area contributed by atoms with Gasteiger partial charge in [-0.25, -0.2) is 14.4 Å². The molecule has 1 aliphatic heterocycles. The third-order valence-corrected chi connectivity index (χ3v) is 4.81. The lowest BCUT2D eigenvalue weighted by Crippen LogP contribution is -2.55. The number of aromatic nitrogens is 4. The van der Waals surface area contributed by atoms with E-state index in [9.17, 15) is 17.6 Å². The van der Waals surface area contributed by atoms with Crippen molar-refractivity contribution in [1.29, 1.82) is 0 Å². The number of rotatable bonds is 2. The average molecular weight is 394 g/mol. The third kappa shape index (κ3) is 3.28. The van der Waals surface area contributed by atoms with Crippen LogP contribution in [-0.2, 0) is 6.18 Å². The highest BCUT2D eigenvalue weighted by Gasteiger charge is 2.36. The van der Waals surface area contributed by atoms with Crippen LogP contribution < -0.4 is 10.2 Å². The van der Waals surface area contributed by atoms with Gasteiger partial charge in [-0.1, -0.05) is 0 Å². The second-order valence-electron chi connectivity index (χ2n) is 6.96. The molecule has 0 amide bonds.